The number of hydrogen-bond donors (Lipinski definition) is 3. The van der Waals surface area contributed by atoms with E-state index < -0.39 is 21.8 Å². The molecule has 0 saturated heterocycles. The Hall–Kier alpha value is -3.53. The van der Waals surface area contributed by atoms with Gasteiger partial charge in [-0.05, 0) is 42.0 Å². The average Bonchev–Trinajstić information content (AvgIpc) is 3.10. The van der Waals surface area contributed by atoms with Crippen LogP contribution in [0, 0.1) is 0 Å². The van der Waals surface area contributed by atoms with Crippen LogP contribution in [0.15, 0.2) is 66.9 Å². The van der Waals surface area contributed by atoms with E-state index in [0.717, 1.165) is 23.8 Å². The van der Waals surface area contributed by atoms with Crippen molar-refractivity contribution in [1.29, 1.82) is 0 Å². The summed E-state index contributed by atoms with van der Waals surface area (Å²) in [5.74, 6) is 0.487. The SMILES string of the molecule is CS(=O)(=O)Nc1cccc(Nc2cc3[nH]c(-c4cccc(C(F)(F)F)c4)cc3cn2)c1. The fraction of sp³-hybridized carbons (Fsp3) is 0.0952. The van der Waals surface area contributed by atoms with E-state index in [1.807, 2.05) is 0 Å². The number of aromatic nitrogens is 2. The minimum atomic E-state index is -4.42. The van der Waals surface area contributed by atoms with E-state index >= 15 is 0 Å². The van der Waals surface area contributed by atoms with Gasteiger partial charge in [0.25, 0.3) is 0 Å². The van der Waals surface area contributed by atoms with E-state index in [-0.39, 0.29) is 0 Å². The highest BCUT2D eigenvalue weighted by Crippen LogP contribution is 2.33. The fourth-order valence-electron chi connectivity index (χ4n) is 3.14. The Balaban J connectivity index is 1.61. The first-order valence-corrected chi connectivity index (χ1v) is 11.0. The number of pyridine rings is 1. The normalized spacial score (nSPS) is 12.1. The summed E-state index contributed by atoms with van der Waals surface area (Å²) in [6.45, 7) is 0. The number of nitrogens with one attached hydrogen (secondary N) is 3. The lowest BCUT2D eigenvalue weighted by molar-refractivity contribution is -0.137. The van der Waals surface area contributed by atoms with Crippen LogP contribution in [0.25, 0.3) is 22.2 Å². The molecule has 0 spiro atoms. The Morgan fingerprint density at radius 2 is 1.71 bits per heavy atom. The third kappa shape index (κ3) is 4.97. The minimum Gasteiger partial charge on any atom is -0.354 e. The Labute approximate surface area is 176 Å². The standard InChI is InChI=1S/C21H17F3N4O2S/c1-31(29,30)28-17-7-3-6-16(10-17)26-20-11-19-14(12-25-20)9-18(27-19)13-4-2-5-15(8-13)21(22,23)24/h2-12,27-28H,1H3,(H,25,26). The Morgan fingerprint density at radius 3 is 2.45 bits per heavy atom. The van der Waals surface area contributed by atoms with Gasteiger partial charge in [0.2, 0.25) is 10.0 Å². The van der Waals surface area contributed by atoms with Crippen LogP contribution in [0.3, 0.4) is 0 Å². The minimum absolute atomic E-state index is 0.403. The summed E-state index contributed by atoms with van der Waals surface area (Å²) in [4.78, 5) is 7.44. The number of H-pyrrole nitrogens is 1. The van der Waals surface area contributed by atoms with Gasteiger partial charge in [-0.1, -0.05) is 18.2 Å². The summed E-state index contributed by atoms with van der Waals surface area (Å²) in [6.07, 6.45) is -1.75. The van der Waals surface area contributed by atoms with Gasteiger partial charge in [0.05, 0.1) is 23.0 Å². The monoisotopic (exact) mass is 446 g/mol. The molecule has 160 valence electrons. The molecule has 6 nitrogen and oxygen atoms in total. The Morgan fingerprint density at radius 1 is 0.968 bits per heavy atom. The lowest BCUT2D eigenvalue weighted by atomic mass is 10.1. The van der Waals surface area contributed by atoms with Crippen molar-refractivity contribution in [3.63, 3.8) is 0 Å². The second kappa shape index (κ2) is 7.62. The molecule has 2 aromatic carbocycles. The zero-order valence-corrected chi connectivity index (χ0v) is 17.0. The van der Waals surface area contributed by atoms with Crippen LogP contribution in [0.4, 0.5) is 30.4 Å². The second-order valence-corrected chi connectivity index (χ2v) is 8.75. The van der Waals surface area contributed by atoms with Gasteiger partial charge in [-0.15, -0.1) is 0 Å². The maximum Gasteiger partial charge on any atom is 0.416 e. The van der Waals surface area contributed by atoms with Crippen LogP contribution in [0.1, 0.15) is 5.56 Å². The van der Waals surface area contributed by atoms with Crippen LogP contribution >= 0.6 is 0 Å². The number of anilines is 3. The highest BCUT2D eigenvalue weighted by molar-refractivity contribution is 7.92. The predicted molar refractivity (Wildman–Crippen MR) is 115 cm³/mol. The first-order chi connectivity index (χ1) is 14.6. The quantitative estimate of drug-likeness (QED) is 0.385. The number of hydrogen-bond acceptors (Lipinski definition) is 4. The first kappa shape index (κ1) is 20.7. The van der Waals surface area contributed by atoms with E-state index in [9.17, 15) is 21.6 Å². The molecule has 3 N–H and O–H groups in total. The van der Waals surface area contributed by atoms with E-state index in [1.54, 1.807) is 48.7 Å². The molecule has 0 amide bonds. The lowest BCUT2D eigenvalue weighted by Crippen LogP contribution is -2.09. The van der Waals surface area contributed by atoms with Crippen molar-refractivity contribution in [3.05, 3.63) is 72.4 Å². The van der Waals surface area contributed by atoms with Crippen molar-refractivity contribution in [3.8, 4) is 11.3 Å². The van der Waals surface area contributed by atoms with Crippen molar-refractivity contribution < 1.29 is 21.6 Å². The van der Waals surface area contributed by atoms with Crippen LogP contribution in [0.5, 0.6) is 0 Å². The molecule has 0 aliphatic heterocycles. The summed E-state index contributed by atoms with van der Waals surface area (Å²) in [7, 11) is -3.40. The Kier molecular flexibility index (Phi) is 5.10. The third-order valence-electron chi connectivity index (χ3n) is 4.44. The predicted octanol–water partition coefficient (Wildman–Crippen LogP) is 5.36. The molecule has 31 heavy (non-hydrogen) atoms. The molecule has 4 rings (SSSR count). The number of benzene rings is 2. The molecular weight excluding hydrogens is 429 g/mol. The zero-order valence-electron chi connectivity index (χ0n) is 16.2. The van der Waals surface area contributed by atoms with Gasteiger partial charge in [0.15, 0.2) is 0 Å². The number of alkyl halides is 3. The summed E-state index contributed by atoms with van der Waals surface area (Å²) in [6, 6.07) is 15.2. The van der Waals surface area contributed by atoms with E-state index in [1.165, 1.54) is 6.07 Å². The summed E-state index contributed by atoms with van der Waals surface area (Å²) in [5.41, 5.74) is 1.95. The first-order valence-electron chi connectivity index (χ1n) is 9.08. The molecule has 0 aliphatic carbocycles. The largest absolute Gasteiger partial charge is 0.416 e. The number of aromatic amines is 1. The smallest absolute Gasteiger partial charge is 0.354 e. The van der Waals surface area contributed by atoms with E-state index in [0.29, 0.717) is 34.0 Å². The fourth-order valence-corrected chi connectivity index (χ4v) is 3.69. The topological polar surface area (TPSA) is 86.9 Å². The molecule has 0 fully saturated rings. The highest BCUT2D eigenvalue weighted by Gasteiger charge is 2.30. The average molecular weight is 446 g/mol. The van der Waals surface area contributed by atoms with E-state index in [2.05, 4.69) is 20.0 Å². The van der Waals surface area contributed by atoms with Gasteiger partial charge >= 0.3 is 6.18 Å². The summed E-state index contributed by atoms with van der Waals surface area (Å²) in [5, 5.41) is 3.83. The van der Waals surface area contributed by atoms with Crippen molar-refractivity contribution >= 4 is 38.1 Å². The van der Waals surface area contributed by atoms with Gasteiger partial charge in [-0.3, -0.25) is 4.72 Å². The maximum atomic E-state index is 13.0. The molecular formula is C21H17F3N4O2S. The lowest BCUT2D eigenvalue weighted by Gasteiger charge is -2.08. The number of rotatable bonds is 5. The molecule has 4 aromatic rings. The number of nitrogens with zero attached hydrogens (tertiary/aromatic N) is 1. The number of sulfonamides is 1. The number of halogens is 3. The third-order valence-corrected chi connectivity index (χ3v) is 5.05. The maximum absolute atomic E-state index is 13.0. The zero-order chi connectivity index (χ0) is 22.2. The van der Waals surface area contributed by atoms with E-state index in [4.69, 9.17) is 0 Å². The van der Waals surface area contributed by atoms with Crippen molar-refractivity contribution in [2.45, 2.75) is 6.18 Å². The van der Waals surface area contributed by atoms with Crippen molar-refractivity contribution in [2.24, 2.45) is 0 Å². The van der Waals surface area contributed by atoms with Crippen LogP contribution in [-0.4, -0.2) is 24.6 Å². The molecule has 2 aromatic heterocycles. The molecule has 0 radical (unpaired) electrons. The van der Waals surface area contributed by atoms with Crippen LogP contribution < -0.4 is 10.0 Å². The molecule has 0 atom stereocenters. The van der Waals surface area contributed by atoms with Gasteiger partial charge in [-0.2, -0.15) is 13.2 Å². The Bertz CT molecular complexity index is 1360. The summed E-state index contributed by atoms with van der Waals surface area (Å²) < 4.78 is 64.2. The molecule has 0 aliphatic rings. The van der Waals surface area contributed by atoms with Gasteiger partial charge < -0.3 is 10.3 Å². The molecule has 0 bridgehead atoms. The summed E-state index contributed by atoms with van der Waals surface area (Å²) >= 11 is 0. The molecule has 10 heteroatoms. The van der Waals surface area contributed by atoms with Crippen molar-refractivity contribution in [1.82, 2.24) is 9.97 Å². The van der Waals surface area contributed by atoms with Gasteiger partial charge in [0.1, 0.15) is 5.82 Å². The second-order valence-electron chi connectivity index (χ2n) is 7.00. The number of fused-ring (bicyclic) bond motifs is 1. The highest BCUT2D eigenvalue weighted by atomic mass is 32.2. The van der Waals surface area contributed by atoms with Gasteiger partial charge in [0, 0.05) is 29.0 Å². The molecule has 0 saturated carbocycles. The van der Waals surface area contributed by atoms with Crippen LogP contribution in [-0.2, 0) is 16.2 Å². The van der Waals surface area contributed by atoms with Gasteiger partial charge in [-0.25, -0.2) is 13.4 Å². The molecule has 0 unspecified atom stereocenters. The van der Waals surface area contributed by atoms with Crippen LogP contribution in [0.2, 0.25) is 0 Å². The van der Waals surface area contributed by atoms with Crippen molar-refractivity contribution in [2.75, 3.05) is 16.3 Å². The molecule has 2 heterocycles.